The van der Waals surface area contributed by atoms with Gasteiger partial charge >= 0.3 is 0 Å². The Morgan fingerprint density at radius 2 is 1.34 bits per heavy atom. The molecule has 0 spiro atoms. The first kappa shape index (κ1) is 20.3. The number of hydrogen-bond donors (Lipinski definition) is 0. The molecular formula is C26H23ClN4O. The number of halogens is 1. The molecule has 0 radical (unpaired) electrons. The molecule has 1 aromatic heterocycles. The summed E-state index contributed by atoms with van der Waals surface area (Å²) in [5.74, 6) is 0.00448. The van der Waals surface area contributed by atoms with Gasteiger partial charge in [0.05, 0.1) is 11.3 Å². The Hall–Kier alpha value is -3.57. The van der Waals surface area contributed by atoms with Gasteiger partial charge in [-0.05, 0) is 36.4 Å². The summed E-state index contributed by atoms with van der Waals surface area (Å²) >= 11 is 6.08. The maximum Gasteiger partial charge on any atom is 0.257 e. The second kappa shape index (κ2) is 8.89. The van der Waals surface area contributed by atoms with Gasteiger partial charge in [0, 0.05) is 48.6 Å². The fourth-order valence-electron chi connectivity index (χ4n) is 4.04. The number of anilines is 1. The van der Waals surface area contributed by atoms with E-state index in [9.17, 15) is 4.79 Å². The van der Waals surface area contributed by atoms with Crippen LogP contribution in [0.3, 0.4) is 0 Å². The number of nitrogens with zero attached hydrogens (tertiary/aromatic N) is 4. The van der Waals surface area contributed by atoms with Crippen LogP contribution in [0.1, 0.15) is 10.4 Å². The molecule has 1 aliphatic heterocycles. The molecule has 1 saturated heterocycles. The lowest BCUT2D eigenvalue weighted by Crippen LogP contribution is -2.48. The lowest BCUT2D eigenvalue weighted by Gasteiger charge is -2.36. The number of amides is 1. The van der Waals surface area contributed by atoms with Crippen molar-refractivity contribution in [2.45, 2.75) is 0 Å². The molecule has 5 rings (SSSR count). The second-order valence-electron chi connectivity index (χ2n) is 7.79. The summed E-state index contributed by atoms with van der Waals surface area (Å²) in [4.78, 5) is 17.8. The Kier molecular flexibility index (Phi) is 5.65. The van der Waals surface area contributed by atoms with Gasteiger partial charge < -0.3 is 9.80 Å². The Labute approximate surface area is 192 Å². The lowest BCUT2D eigenvalue weighted by atomic mass is 10.1. The van der Waals surface area contributed by atoms with Crippen LogP contribution in [0.15, 0.2) is 91.1 Å². The van der Waals surface area contributed by atoms with E-state index < -0.39 is 0 Å². The summed E-state index contributed by atoms with van der Waals surface area (Å²) in [6.45, 7) is 2.95. The van der Waals surface area contributed by atoms with Crippen molar-refractivity contribution < 1.29 is 4.79 Å². The highest BCUT2D eigenvalue weighted by Crippen LogP contribution is 2.27. The zero-order valence-electron chi connectivity index (χ0n) is 17.6. The van der Waals surface area contributed by atoms with Crippen molar-refractivity contribution in [3.8, 4) is 16.9 Å². The quantitative estimate of drug-likeness (QED) is 0.438. The van der Waals surface area contributed by atoms with E-state index in [1.54, 1.807) is 4.68 Å². The van der Waals surface area contributed by atoms with Crippen molar-refractivity contribution in [3.63, 3.8) is 0 Å². The van der Waals surface area contributed by atoms with Crippen LogP contribution < -0.4 is 4.90 Å². The summed E-state index contributed by atoms with van der Waals surface area (Å²) in [5.41, 5.74) is 4.25. The lowest BCUT2D eigenvalue weighted by molar-refractivity contribution is 0.0747. The minimum Gasteiger partial charge on any atom is -0.368 e. The number of carbonyl (C=O) groups is 1. The van der Waals surface area contributed by atoms with E-state index in [2.05, 4.69) is 17.0 Å². The van der Waals surface area contributed by atoms with E-state index in [0.717, 1.165) is 24.3 Å². The summed E-state index contributed by atoms with van der Waals surface area (Å²) < 4.78 is 1.78. The topological polar surface area (TPSA) is 41.4 Å². The van der Waals surface area contributed by atoms with Gasteiger partial charge in [-0.1, -0.05) is 60.1 Å². The molecule has 1 amide bonds. The predicted octanol–water partition coefficient (Wildman–Crippen LogP) is 5.16. The van der Waals surface area contributed by atoms with Gasteiger partial charge in [-0.2, -0.15) is 5.10 Å². The molecule has 0 unspecified atom stereocenters. The first-order valence-electron chi connectivity index (χ1n) is 10.7. The van der Waals surface area contributed by atoms with E-state index in [-0.39, 0.29) is 5.91 Å². The van der Waals surface area contributed by atoms with Gasteiger partial charge in [0.15, 0.2) is 0 Å². The summed E-state index contributed by atoms with van der Waals surface area (Å²) in [5, 5.41) is 5.43. The molecule has 2 heterocycles. The molecule has 6 heteroatoms. The van der Waals surface area contributed by atoms with Crippen LogP contribution in [-0.2, 0) is 0 Å². The molecule has 5 nitrogen and oxygen atoms in total. The molecule has 0 bridgehead atoms. The van der Waals surface area contributed by atoms with E-state index in [1.165, 1.54) is 5.69 Å². The second-order valence-corrected chi connectivity index (χ2v) is 8.23. The maximum absolute atomic E-state index is 13.6. The Bertz CT molecular complexity index is 1200. The number of carbonyl (C=O) groups excluding carboxylic acids is 1. The van der Waals surface area contributed by atoms with E-state index in [4.69, 9.17) is 16.7 Å². The first-order valence-corrected chi connectivity index (χ1v) is 11.1. The third-order valence-corrected chi connectivity index (χ3v) is 6.02. The van der Waals surface area contributed by atoms with Crippen molar-refractivity contribution in [2.75, 3.05) is 31.1 Å². The zero-order chi connectivity index (χ0) is 21.9. The summed E-state index contributed by atoms with van der Waals surface area (Å²) in [6.07, 6.45) is 1.84. The largest absolute Gasteiger partial charge is 0.368 e. The van der Waals surface area contributed by atoms with Crippen LogP contribution >= 0.6 is 11.6 Å². The molecule has 0 N–H and O–H groups in total. The molecule has 4 aromatic rings. The Balaban J connectivity index is 1.43. The maximum atomic E-state index is 13.6. The fourth-order valence-corrected chi connectivity index (χ4v) is 4.17. The average Bonchev–Trinajstić information content (AvgIpc) is 3.31. The third kappa shape index (κ3) is 4.12. The number of benzene rings is 3. The molecular weight excluding hydrogens is 420 g/mol. The van der Waals surface area contributed by atoms with Crippen LogP contribution in [0.25, 0.3) is 16.9 Å². The van der Waals surface area contributed by atoms with Gasteiger partial charge in [-0.25, -0.2) is 4.68 Å². The smallest absolute Gasteiger partial charge is 0.257 e. The highest BCUT2D eigenvalue weighted by Gasteiger charge is 2.26. The van der Waals surface area contributed by atoms with Crippen molar-refractivity contribution in [2.24, 2.45) is 0 Å². The van der Waals surface area contributed by atoms with Crippen LogP contribution in [0.4, 0.5) is 5.69 Å². The molecule has 1 aliphatic rings. The molecule has 0 aliphatic carbocycles. The number of hydrogen-bond acceptors (Lipinski definition) is 3. The van der Waals surface area contributed by atoms with Crippen molar-refractivity contribution >= 4 is 23.2 Å². The summed E-state index contributed by atoms with van der Waals surface area (Å²) in [7, 11) is 0. The van der Waals surface area contributed by atoms with Crippen LogP contribution in [0.5, 0.6) is 0 Å². The van der Waals surface area contributed by atoms with Crippen LogP contribution in [0.2, 0.25) is 5.02 Å². The highest BCUT2D eigenvalue weighted by molar-refractivity contribution is 6.30. The monoisotopic (exact) mass is 442 g/mol. The third-order valence-electron chi connectivity index (χ3n) is 5.77. The standard InChI is InChI=1S/C26H23ClN4O/c27-21-13-11-20(12-14-21)25-24(19-31(28-25)23-9-5-2-6-10-23)26(32)30-17-15-29(16-18-30)22-7-3-1-4-8-22/h1-14,19H,15-18H2. The number of piperazine rings is 1. The minimum absolute atomic E-state index is 0.00448. The first-order chi connectivity index (χ1) is 15.7. The molecule has 0 saturated carbocycles. The van der Waals surface area contributed by atoms with Crippen LogP contribution in [0, 0.1) is 0 Å². The average molecular weight is 443 g/mol. The van der Waals surface area contributed by atoms with Crippen molar-refractivity contribution in [3.05, 3.63) is 102 Å². The normalized spacial score (nSPS) is 13.9. The number of para-hydroxylation sites is 2. The molecule has 3 aromatic carbocycles. The van der Waals surface area contributed by atoms with Gasteiger partial charge in [-0.15, -0.1) is 0 Å². The highest BCUT2D eigenvalue weighted by atomic mass is 35.5. The number of aromatic nitrogens is 2. The van der Waals surface area contributed by atoms with Crippen LogP contribution in [-0.4, -0.2) is 46.8 Å². The van der Waals surface area contributed by atoms with Gasteiger partial charge in [0.1, 0.15) is 5.69 Å². The summed E-state index contributed by atoms with van der Waals surface area (Å²) in [6, 6.07) is 27.6. The van der Waals surface area contributed by atoms with E-state index >= 15 is 0 Å². The van der Waals surface area contributed by atoms with Gasteiger partial charge in [-0.3, -0.25) is 4.79 Å². The molecule has 0 atom stereocenters. The Morgan fingerprint density at radius 3 is 1.97 bits per heavy atom. The molecule has 1 fully saturated rings. The van der Waals surface area contributed by atoms with Gasteiger partial charge in [0.25, 0.3) is 5.91 Å². The predicted molar refractivity (Wildman–Crippen MR) is 129 cm³/mol. The van der Waals surface area contributed by atoms with Crippen molar-refractivity contribution in [1.82, 2.24) is 14.7 Å². The van der Waals surface area contributed by atoms with Gasteiger partial charge in [0.2, 0.25) is 0 Å². The molecule has 32 heavy (non-hydrogen) atoms. The SMILES string of the molecule is O=C(c1cn(-c2ccccc2)nc1-c1ccc(Cl)cc1)N1CCN(c2ccccc2)CC1. The fraction of sp³-hybridized carbons (Fsp3) is 0.154. The van der Waals surface area contributed by atoms with E-state index in [0.29, 0.717) is 29.4 Å². The van der Waals surface area contributed by atoms with Crippen molar-refractivity contribution in [1.29, 1.82) is 0 Å². The Morgan fingerprint density at radius 1 is 0.750 bits per heavy atom. The van der Waals surface area contributed by atoms with E-state index in [1.807, 2.05) is 83.9 Å². The zero-order valence-corrected chi connectivity index (χ0v) is 18.3. The minimum atomic E-state index is 0.00448. The molecule has 160 valence electrons. The number of rotatable bonds is 4.